The summed E-state index contributed by atoms with van der Waals surface area (Å²) in [5.74, 6) is 1.34. The molecule has 0 atom stereocenters. The topological polar surface area (TPSA) is 63.1 Å². The maximum absolute atomic E-state index is 10.0. The second-order valence-corrected chi connectivity index (χ2v) is 4.76. The molecule has 0 unspecified atom stereocenters. The van der Waals surface area contributed by atoms with Crippen LogP contribution in [0.4, 0.5) is 0 Å². The summed E-state index contributed by atoms with van der Waals surface area (Å²) in [7, 11) is 1.60. The summed E-state index contributed by atoms with van der Waals surface area (Å²) in [4.78, 5) is 0. The van der Waals surface area contributed by atoms with Gasteiger partial charge in [0.2, 0.25) is 0 Å². The fourth-order valence-corrected chi connectivity index (χ4v) is 2.41. The Kier molecular flexibility index (Phi) is 5.54. The van der Waals surface area contributed by atoms with Crippen LogP contribution < -0.4 is 4.74 Å². The minimum atomic E-state index is 0.141. The molecule has 0 radical (unpaired) electrons. The first-order valence-electron chi connectivity index (χ1n) is 7.31. The number of rotatable bonds is 3. The standard InChI is InChI=1S/C15H13N3O2S.C2H6/c1-20-13-9-5-3-7-11(13)18-14(16-17-15(18)21)10-6-2-4-8-12(10)19;1-2/h2-9,19H,1H3,(H,17,21);1-2H3. The molecule has 2 aromatic carbocycles. The number of phenolic OH excluding ortho intramolecular Hbond substituents is 1. The third-order valence-electron chi connectivity index (χ3n) is 3.14. The molecule has 0 aliphatic rings. The van der Waals surface area contributed by atoms with Crippen molar-refractivity contribution in [2.45, 2.75) is 13.8 Å². The third-order valence-corrected chi connectivity index (χ3v) is 3.42. The van der Waals surface area contributed by atoms with Crippen molar-refractivity contribution < 1.29 is 9.84 Å². The van der Waals surface area contributed by atoms with E-state index in [0.29, 0.717) is 21.9 Å². The van der Waals surface area contributed by atoms with Gasteiger partial charge in [0.05, 0.1) is 18.4 Å². The largest absolute Gasteiger partial charge is 0.507 e. The van der Waals surface area contributed by atoms with Gasteiger partial charge >= 0.3 is 0 Å². The lowest BCUT2D eigenvalue weighted by molar-refractivity contribution is 0.413. The lowest BCUT2D eigenvalue weighted by Gasteiger charge is -2.11. The van der Waals surface area contributed by atoms with Crippen LogP contribution in [-0.4, -0.2) is 27.0 Å². The van der Waals surface area contributed by atoms with Gasteiger partial charge in [-0.1, -0.05) is 38.1 Å². The Morgan fingerprint density at radius 1 is 1.09 bits per heavy atom. The van der Waals surface area contributed by atoms with Gasteiger partial charge < -0.3 is 9.84 Å². The van der Waals surface area contributed by atoms with Gasteiger partial charge in [0, 0.05) is 0 Å². The molecule has 5 nitrogen and oxygen atoms in total. The average Bonchev–Trinajstić information content (AvgIpc) is 2.98. The van der Waals surface area contributed by atoms with Gasteiger partial charge in [0.15, 0.2) is 10.6 Å². The van der Waals surface area contributed by atoms with E-state index in [4.69, 9.17) is 17.0 Å². The van der Waals surface area contributed by atoms with Crippen LogP contribution in [0.5, 0.6) is 11.5 Å². The molecular weight excluding hydrogens is 310 g/mol. The molecule has 23 heavy (non-hydrogen) atoms. The van der Waals surface area contributed by atoms with Crippen LogP contribution in [0.25, 0.3) is 17.1 Å². The average molecular weight is 329 g/mol. The van der Waals surface area contributed by atoms with Crippen LogP contribution in [0.2, 0.25) is 0 Å². The molecule has 120 valence electrons. The molecule has 0 saturated carbocycles. The first-order chi connectivity index (χ1) is 11.2. The number of nitrogens with one attached hydrogen (secondary N) is 1. The van der Waals surface area contributed by atoms with E-state index in [2.05, 4.69) is 10.2 Å². The molecule has 0 saturated heterocycles. The summed E-state index contributed by atoms with van der Waals surface area (Å²) < 4.78 is 7.54. The molecule has 1 heterocycles. The van der Waals surface area contributed by atoms with Crippen molar-refractivity contribution in [1.29, 1.82) is 0 Å². The van der Waals surface area contributed by atoms with Gasteiger partial charge in [-0.05, 0) is 36.5 Å². The predicted octanol–water partition coefficient (Wildman–Crippen LogP) is 4.34. The maximum atomic E-state index is 10.0. The van der Waals surface area contributed by atoms with Crippen molar-refractivity contribution in [3.05, 3.63) is 53.3 Å². The summed E-state index contributed by atoms with van der Waals surface area (Å²) >= 11 is 5.31. The zero-order valence-corrected chi connectivity index (χ0v) is 14.1. The summed E-state index contributed by atoms with van der Waals surface area (Å²) in [5, 5.41) is 17.0. The van der Waals surface area contributed by atoms with Crippen LogP contribution in [0, 0.1) is 4.77 Å². The van der Waals surface area contributed by atoms with Crippen LogP contribution in [0.1, 0.15) is 13.8 Å². The highest BCUT2D eigenvalue weighted by Crippen LogP contribution is 2.31. The number of methoxy groups -OCH3 is 1. The van der Waals surface area contributed by atoms with Gasteiger partial charge in [-0.25, -0.2) is 0 Å². The highest BCUT2D eigenvalue weighted by Gasteiger charge is 2.16. The third kappa shape index (κ3) is 3.27. The number of para-hydroxylation sites is 3. The lowest BCUT2D eigenvalue weighted by atomic mass is 10.2. The Balaban J connectivity index is 0.000000924. The molecule has 3 aromatic rings. The van der Waals surface area contributed by atoms with Crippen molar-refractivity contribution in [2.75, 3.05) is 7.11 Å². The van der Waals surface area contributed by atoms with E-state index >= 15 is 0 Å². The van der Waals surface area contributed by atoms with E-state index in [1.807, 2.05) is 44.2 Å². The molecule has 0 spiro atoms. The lowest BCUT2D eigenvalue weighted by Crippen LogP contribution is -2.00. The monoisotopic (exact) mass is 329 g/mol. The molecule has 0 bridgehead atoms. The number of phenols is 1. The zero-order chi connectivity index (χ0) is 16.8. The SMILES string of the molecule is CC.COc1ccccc1-n1c(-c2ccccc2O)n[nH]c1=S. The molecule has 0 aliphatic carbocycles. The van der Waals surface area contributed by atoms with Crippen LogP contribution in [0.15, 0.2) is 48.5 Å². The Morgan fingerprint density at radius 2 is 1.74 bits per heavy atom. The van der Waals surface area contributed by atoms with Crippen molar-refractivity contribution in [1.82, 2.24) is 14.8 Å². The Bertz CT molecular complexity index is 840. The highest BCUT2D eigenvalue weighted by atomic mass is 32.1. The molecule has 6 heteroatoms. The maximum Gasteiger partial charge on any atom is 0.200 e. The van der Waals surface area contributed by atoms with E-state index in [1.165, 1.54) is 0 Å². The minimum Gasteiger partial charge on any atom is -0.507 e. The van der Waals surface area contributed by atoms with Crippen molar-refractivity contribution >= 4 is 12.2 Å². The fourth-order valence-electron chi connectivity index (χ4n) is 2.18. The second kappa shape index (κ2) is 7.60. The number of aromatic nitrogens is 3. The number of hydrogen-bond acceptors (Lipinski definition) is 4. The number of ether oxygens (including phenoxy) is 1. The van der Waals surface area contributed by atoms with Crippen LogP contribution >= 0.6 is 12.2 Å². The first kappa shape index (κ1) is 16.8. The van der Waals surface area contributed by atoms with Crippen molar-refractivity contribution in [3.8, 4) is 28.6 Å². The number of benzene rings is 2. The number of aromatic hydroxyl groups is 1. The van der Waals surface area contributed by atoms with E-state index in [1.54, 1.807) is 29.9 Å². The highest BCUT2D eigenvalue weighted by molar-refractivity contribution is 7.71. The van der Waals surface area contributed by atoms with Crippen LogP contribution in [0.3, 0.4) is 0 Å². The van der Waals surface area contributed by atoms with Crippen molar-refractivity contribution in [2.24, 2.45) is 0 Å². The van der Waals surface area contributed by atoms with Crippen molar-refractivity contribution in [3.63, 3.8) is 0 Å². The number of H-pyrrole nitrogens is 1. The van der Waals surface area contributed by atoms with Crippen LogP contribution in [-0.2, 0) is 0 Å². The predicted molar refractivity (Wildman–Crippen MR) is 93.7 cm³/mol. The first-order valence-corrected chi connectivity index (χ1v) is 7.72. The van der Waals surface area contributed by atoms with E-state index in [-0.39, 0.29) is 5.75 Å². The number of aromatic amines is 1. The smallest absolute Gasteiger partial charge is 0.200 e. The molecule has 0 fully saturated rings. The Hall–Kier alpha value is -2.60. The molecule has 0 amide bonds. The minimum absolute atomic E-state index is 0.141. The normalized spacial score (nSPS) is 9.87. The van der Waals surface area contributed by atoms with E-state index < -0.39 is 0 Å². The summed E-state index contributed by atoms with van der Waals surface area (Å²) in [6.07, 6.45) is 0. The zero-order valence-electron chi connectivity index (χ0n) is 13.3. The van der Waals surface area contributed by atoms with Gasteiger partial charge in [-0.2, -0.15) is 5.10 Å². The molecular formula is C17H19N3O2S. The second-order valence-electron chi connectivity index (χ2n) is 4.38. The van der Waals surface area contributed by atoms with E-state index in [9.17, 15) is 5.11 Å². The van der Waals surface area contributed by atoms with Gasteiger partial charge in [-0.15, -0.1) is 0 Å². The quantitative estimate of drug-likeness (QED) is 0.702. The Labute approximate surface area is 140 Å². The van der Waals surface area contributed by atoms with Gasteiger partial charge in [-0.3, -0.25) is 9.67 Å². The summed E-state index contributed by atoms with van der Waals surface area (Å²) in [6, 6.07) is 14.5. The number of hydrogen-bond donors (Lipinski definition) is 2. The molecule has 3 rings (SSSR count). The van der Waals surface area contributed by atoms with Gasteiger partial charge in [0.1, 0.15) is 11.5 Å². The van der Waals surface area contributed by atoms with Gasteiger partial charge in [0.25, 0.3) is 0 Å². The summed E-state index contributed by atoms with van der Waals surface area (Å²) in [6.45, 7) is 4.00. The molecule has 0 aliphatic heterocycles. The molecule has 2 N–H and O–H groups in total. The summed E-state index contributed by atoms with van der Waals surface area (Å²) in [5.41, 5.74) is 1.35. The fraction of sp³-hybridized carbons (Fsp3) is 0.176. The number of nitrogens with zero attached hydrogens (tertiary/aromatic N) is 2. The molecule has 1 aromatic heterocycles. The Morgan fingerprint density at radius 3 is 2.43 bits per heavy atom. The van der Waals surface area contributed by atoms with E-state index in [0.717, 1.165) is 5.69 Å².